The summed E-state index contributed by atoms with van der Waals surface area (Å²) in [5.74, 6) is -0.510. The number of phenolic OH excluding ortho intramolecular Hbond substituents is 2. The van der Waals surface area contributed by atoms with Gasteiger partial charge in [0.25, 0.3) is 0 Å². The van der Waals surface area contributed by atoms with Crippen LogP contribution in [0.1, 0.15) is 18.2 Å². The largest absolute Gasteiger partial charge is 0.507 e. The van der Waals surface area contributed by atoms with Crippen molar-refractivity contribution in [3.05, 3.63) is 45.8 Å². The van der Waals surface area contributed by atoms with Crippen molar-refractivity contribution in [1.29, 1.82) is 0 Å². The molecule has 2 heterocycles. The molecule has 1 aliphatic heterocycles. The molecule has 0 bridgehead atoms. The third kappa shape index (κ3) is 4.45. The molecule has 0 saturated carbocycles. The summed E-state index contributed by atoms with van der Waals surface area (Å²) in [7, 11) is 0. The van der Waals surface area contributed by atoms with Gasteiger partial charge < -0.3 is 44.5 Å². The molecule has 6 N–H and O–H groups in total. The molecule has 10 nitrogen and oxygen atoms in total. The van der Waals surface area contributed by atoms with Crippen LogP contribution in [0.2, 0.25) is 0 Å². The Kier molecular flexibility index (Phi) is 6.70. The van der Waals surface area contributed by atoms with E-state index in [2.05, 4.69) is 6.58 Å². The smallest absolute Gasteiger partial charge is 0.196 e. The topological polar surface area (TPSA) is 170 Å². The summed E-state index contributed by atoms with van der Waals surface area (Å²) in [6.07, 6.45) is -8.50. The van der Waals surface area contributed by atoms with E-state index in [1.54, 1.807) is 13.8 Å². The number of hydrogen-bond donors (Lipinski definition) is 6. The zero-order valence-electron chi connectivity index (χ0n) is 17.1. The molecule has 0 aliphatic carbocycles. The molecule has 10 heteroatoms. The molecule has 1 aliphatic rings. The number of aromatic hydroxyl groups is 2. The van der Waals surface area contributed by atoms with Crippen LogP contribution in [0, 0.1) is 6.92 Å². The Morgan fingerprint density at radius 3 is 2.48 bits per heavy atom. The lowest BCUT2D eigenvalue weighted by atomic mass is 9.97. The molecule has 1 unspecified atom stereocenters. The Labute approximate surface area is 177 Å². The quantitative estimate of drug-likeness (QED) is 0.332. The molecule has 0 radical (unpaired) electrons. The van der Waals surface area contributed by atoms with Crippen molar-refractivity contribution >= 4 is 11.0 Å². The minimum atomic E-state index is -1.63. The van der Waals surface area contributed by atoms with E-state index in [1.807, 2.05) is 0 Å². The highest BCUT2D eigenvalue weighted by molar-refractivity contribution is 5.86. The van der Waals surface area contributed by atoms with Crippen molar-refractivity contribution in [3.63, 3.8) is 0 Å². The third-order valence-electron chi connectivity index (χ3n) is 5.28. The van der Waals surface area contributed by atoms with Gasteiger partial charge in [0.2, 0.25) is 0 Å². The van der Waals surface area contributed by atoms with E-state index >= 15 is 0 Å². The number of benzene rings is 1. The second kappa shape index (κ2) is 8.95. The Bertz CT molecular complexity index is 1030. The number of phenols is 2. The fraction of sp³-hybridized carbons (Fsp3) is 0.476. The fourth-order valence-corrected chi connectivity index (χ4v) is 3.52. The molecule has 1 aromatic heterocycles. The molecule has 0 spiro atoms. The monoisotopic (exact) mass is 438 g/mol. The first kappa shape index (κ1) is 23.2. The number of fused-ring (bicyclic) bond motifs is 1. The Morgan fingerprint density at radius 2 is 1.87 bits per heavy atom. The molecule has 3 rings (SSSR count). The average Bonchev–Trinajstić information content (AvgIpc) is 2.69. The summed E-state index contributed by atoms with van der Waals surface area (Å²) >= 11 is 0. The number of ether oxygens (including phenoxy) is 2. The summed E-state index contributed by atoms with van der Waals surface area (Å²) in [6, 6.07) is 2.42. The number of rotatable bonds is 6. The van der Waals surface area contributed by atoms with Crippen LogP contribution >= 0.6 is 0 Å². The molecule has 2 aromatic rings. The first-order chi connectivity index (χ1) is 14.5. The average molecular weight is 438 g/mol. The Morgan fingerprint density at radius 1 is 1.19 bits per heavy atom. The van der Waals surface area contributed by atoms with Gasteiger partial charge in [-0.2, -0.15) is 0 Å². The molecular formula is C21H26O10. The molecule has 1 aromatic carbocycles. The first-order valence-electron chi connectivity index (χ1n) is 9.64. The minimum Gasteiger partial charge on any atom is -0.507 e. The first-order valence-corrected chi connectivity index (χ1v) is 9.64. The lowest BCUT2D eigenvalue weighted by Crippen LogP contribution is -2.59. The van der Waals surface area contributed by atoms with Gasteiger partial charge >= 0.3 is 0 Å². The van der Waals surface area contributed by atoms with E-state index in [4.69, 9.17) is 13.9 Å². The normalized spacial score (nSPS) is 27.4. The third-order valence-corrected chi connectivity index (χ3v) is 5.28. The second-order valence-electron chi connectivity index (χ2n) is 7.69. The van der Waals surface area contributed by atoms with Gasteiger partial charge in [0.1, 0.15) is 52.6 Å². The standard InChI is InChI=1S/C21H26O10/c1-8(2)13(30-21-20(28)19(27)18(26)15(7-22)31-21)5-10-11(23)6-14-16(17(10)25)12(24)4-9(3)29-14/h4,6,13,15,18-23,25-28H,1,5,7H2,2-3H3/t13?,15-,18-,19+,20-,21-/m1/s1. The van der Waals surface area contributed by atoms with E-state index in [0.717, 1.165) is 0 Å². The molecule has 6 atom stereocenters. The van der Waals surface area contributed by atoms with Crippen LogP contribution < -0.4 is 5.43 Å². The Balaban J connectivity index is 1.93. The van der Waals surface area contributed by atoms with Gasteiger partial charge in [0.15, 0.2) is 11.7 Å². The van der Waals surface area contributed by atoms with Gasteiger partial charge in [0, 0.05) is 24.1 Å². The van der Waals surface area contributed by atoms with E-state index in [9.17, 15) is 35.4 Å². The maximum absolute atomic E-state index is 12.3. The highest BCUT2D eigenvalue weighted by Crippen LogP contribution is 2.36. The van der Waals surface area contributed by atoms with Crippen LogP contribution in [0.25, 0.3) is 11.0 Å². The molecule has 0 amide bonds. The second-order valence-corrected chi connectivity index (χ2v) is 7.69. The van der Waals surface area contributed by atoms with Crippen LogP contribution in [0.4, 0.5) is 0 Å². The van der Waals surface area contributed by atoms with Gasteiger partial charge in [-0.05, 0) is 13.8 Å². The van der Waals surface area contributed by atoms with E-state index in [-0.39, 0.29) is 28.7 Å². The highest BCUT2D eigenvalue weighted by atomic mass is 16.7. The predicted octanol–water partition coefficient (Wildman–Crippen LogP) is -0.184. The number of aliphatic hydroxyl groups is 4. The van der Waals surface area contributed by atoms with Crippen molar-refractivity contribution in [2.24, 2.45) is 0 Å². The maximum Gasteiger partial charge on any atom is 0.196 e. The zero-order valence-corrected chi connectivity index (χ0v) is 17.1. The van der Waals surface area contributed by atoms with Crippen LogP contribution in [0.5, 0.6) is 11.5 Å². The maximum atomic E-state index is 12.3. The summed E-state index contributed by atoms with van der Waals surface area (Å²) in [5.41, 5.74) is -0.0576. The van der Waals surface area contributed by atoms with Crippen LogP contribution in [0.15, 0.2) is 33.5 Å². The van der Waals surface area contributed by atoms with Crippen LogP contribution in [-0.2, 0) is 15.9 Å². The van der Waals surface area contributed by atoms with Gasteiger partial charge in [-0.1, -0.05) is 12.2 Å². The molecular weight excluding hydrogens is 412 g/mol. The fourth-order valence-electron chi connectivity index (χ4n) is 3.52. The van der Waals surface area contributed by atoms with Crippen LogP contribution in [0.3, 0.4) is 0 Å². The minimum absolute atomic E-state index is 0.0127. The van der Waals surface area contributed by atoms with Gasteiger partial charge in [-0.3, -0.25) is 4.79 Å². The van der Waals surface area contributed by atoms with E-state index in [1.165, 1.54) is 12.1 Å². The molecule has 1 saturated heterocycles. The van der Waals surface area contributed by atoms with Gasteiger partial charge in [-0.15, -0.1) is 0 Å². The summed E-state index contributed by atoms with van der Waals surface area (Å²) in [6.45, 7) is 6.34. The summed E-state index contributed by atoms with van der Waals surface area (Å²) in [4.78, 5) is 12.3. The molecule has 31 heavy (non-hydrogen) atoms. The number of hydrogen-bond acceptors (Lipinski definition) is 10. The van der Waals surface area contributed by atoms with Crippen molar-refractivity contribution in [2.45, 2.75) is 57.1 Å². The summed E-state index contributed by atoms with van der Waals surface area (Å²) in [5, 5.41) is 60.4. The number of aryl methyl sites for hydroxylation is 1. The van der Waals surface area contributed by atoms with Crippen molar-refractivity contribution in [2.75, 3.05) is 6.61 Å². The lowest BCUT2D eigenvalue weighted by molar-refractivity contribution is -0.308. The van der Waals surface area contributed by atoms with Crippen LogP contribution in [-0.4, -0.2) is 74.1 Å². The summed E-state index contributed by atoms with van der Waals surface area (Å²) < 4.78 is 16.5. The zero-order chi connectivity index (χ0) is 23.0. The SMILES string of the molecule is C=C(C)C(Cc1c(O)cc2oc(C)cc(=O)c2c1O)O[C@@H]1O[C@H](CO)[C@@H](O)[C@H](O)[C@H]1O. The predicted molar refractivity (Wildman–Crippen MR) is 108 cm³/mol. The van der Waals surface area contributed by atoms with Gasteiger partial charge in [-0.25, -0.2) is 0 Å². The lowest BCUT2D eigenvalue weighted by Gasteiger charge is -2.41. The van der Waals surface area contributed by atoms with Crippen molar-refractivity contribution in [1.82, 2.24) is 0 Å². The molecule has 170 valence electrons. The van der Waals surface area contributed by atoms with Crippen molar-refractivity contribution in [3.8, 4) is 11.5 Å². The molecule has 1 fully saturated rings. The van der Waals surface area contributed by atoms with Crippen molar-refractivity contribution < 1.29 is 44.5 Å². The number of aliphatic hydroxyl groups excluding tert-OH is 4. The van der Waals surface area contributed by atoms with E-state index in [0.29, 0.717) is 11.3 Å². The highest BCUT2D eigenvalue weighted by Gasteiger charge is 2.45. The Hall–Kier alpha value is -2.47. The van der Waals surface area contributed by atoms with E-state index < -0.39 is 54.6 Å². The van der Waals surface area contributed by atoms with Gasteiger partial charge in [0.05, 0.1) is 12.7 Å².